The van der Waals surface area contributed by atoms with Crippen LogP contribution in [0, 0.1) is 0 Å². The first-order valence-electron chi connectivity index (χ1n) is 4.46. The van der Waals surface area contributed by atoms with Gasteiger partial charge in [0.2, 0.25) is 0 Å². The molecule has 0 aromatic heterocycles. The standard InChI is InChI=1S/C10H13O2P/c1-9-7-11-13(12-9)8-10-5-3-2-4-6-10/h2-6,9H,7-8H2,1H3/t9-,13+/m1/s1. The quantitative estimate of drug-likeness (QED) is 0.677. The minimum atomic E-state index is -0.661. The monoisotopic (exact) mass is 196 g/mol. The van der Waals surface area contributed by atoms with Gasteiger partial charge in [-0.1, -0.05) is 30.3 Å². The Bertz CT molecular complexity index is 263. The van der Waals surface area contributed by atoms with Crippen molar-refractivity contribution in [3.63, 3.8) is 0 Å². The molecule has 0 radical (unpaired) electrons. The Balaban J connectivity index is 1.92. The van der Waals surface area contributed by atoms with Crippen molar-refractivity contribution in [2.24, 2.45) is 0 Å². The van der Waals surface area contributed by atoms with Gasteiger partial charge in [0, 0.05) is 6.16 Å². The molecule has 2 atom stereocenters. The van der Waals surface area contributed by atoms with E-state index in [1.165, 1.54) is 5.56 Å². The predicted octanol–water partition coefficient (Wildman–Crippen LogP) is 2.93. The molecule has 1 saturated heterocycles. The molecule has 1 aliphatic heterocycles. The van der Waals surface area contributed by atoms with Crippen LogP contribution in [-0.2, 0) is 15.2 Å². The highest BCUT2D eigenvalue weighted by atomic mass is 31.2. The largest absolute Gasteiger partial charge is 0.331 e. The predicted molar refractivity (Wildman–Crippen MR) is 53.6 cm³/mol. The summed E-state index contributed by atoms with van der Waals surface area (Å²) in [6.07, 6.45) is 1.19. The Labute approximate surface area is 79.8 Å². The van der Waals surface area contributed by atoms with E-state index in [4.69, 9.17) is 9.05 Å². The number of rotatable bonds is 2. The van der Waals surface area contributed by atoms with Crippen molar-refractivity contribution in [2.75, 3.05) is 6.61 Å². The molecule has 2 rings (SSSR count). The molecule has 0 amide bonds. The first-order chi connectivity index (χ1) is 6.34. The molecule has 1 aliphatic rings. The Hall–Kier alpha value is -0.430. The van der Waals surface area contributed by atoms with Gasteiger partial charge in [0.15, 0.2) is 8.38 Å². The maximum atomic E-state index is 5.61. The summed E-state index contributed by atoms with van der Waals surface area (Å²) in [6, 6.07) is 10.3. The molecule has 2 nitrogen and oxygen atoms in total. The van der Waals surface area contributed by atoms with Gasteiger partial charge >= 0.3 is 0 Å². The van der Waals surface area contributed by atoms with E-state index in [-0.39, 0.29) is 6.10 Å². The lowest BCUT2D eigenvalue weighted by atomic mass is 10.2. The molecule has 3 heteroatoms. The lowest BCUT2D eigenvalue weighted by Gasteiger charge is -2.07. The fourth-order valence-corrected chi connectivity index (χ4v) is 2.84. The SMILES string of the molecule is C[C@@H]1CO[P@](Cc2ccccc2)O1. The van der Waals surface area contributed by atoms with Gasteiger partial charge in [0.05, 0.1) is 12.7 Å². The first kappa shape index (κ1) is 9.14. The molecular weight excluding hydrogens is 183 g/mol. The summed E-state index contributed by atoms with van der Waals surface area (Å²) >= 11 is 0. The van der Waals surface area contributed by atoms with E-state index >= 15 is 0 Å². The zero-order chi connectivity index (χ0) is 9.10. The zero-order valence-corrected chi connectivity index (χ0v) is 8.54. The second kappa shape index (κ2) is 4.19. The maximum absolute atomic E-state index is 5.61. The Morgan fingerprint density at radius 1 is 1.38 bits per heavy atom. The van der Waals surface area contributed by atoms with Gasteiger partial charge in [-0.2, -0.15) is 0 Å². The van der Waals surface area contributed by atoms with Gasteiger partial charge in [-0.05, 0) is 12.5 Å². The average Bonchev–Trinajstić information content (AvgIpc) is 2.53. The summed E-state index contributed by atoms with van der Waals surface area (Å²) in [6.45, 7) is 2.80. The van der Waals surface area contributed by atoms with Crippen LogP contribution in [0.3, 0.4) is 0 Å². The van der Waals surface area contributed by atoms with Crippen LogP contribution in [0.25, 0.3) is 0 Å². The summed E-state index contributed by atoms with van der Waals surface area (Å²) in [5, 5.41) is 0. The molecule has 1 fully saturated rings. The number of benzene rings is 1. The van der Waals surface area contributed by atoms with Gasteiger partial charge in [-0.3, -0.25) is 0 Å². The summed E-state index contributed by atoms with van der Waals surface area (Å²) < 4.78 is 11.1. The molecule has 0 spiro atoms. The normalized spacial score (nSPS) is 27.8. The van der Waals surface area contributed by atoms with E-state index in [1.807, 2.05) is 25.1 Å². The van der Waals surface area contributed by atoms with Crippen molar-refractivity contribution >= 4 is 8.38 Å². The summed E-state index contributed by atoms with van der Waals surface area (Å²) in [5.74, 6) is 0. The molecule has 1 aromatic rings. The van der Waals surface area contributed by atoms with Crippen LogP contribution < -0.4 is 0 Å². The van der Waals surface area contributed by atoms with Gasteiger partial charge in [0.25, 0.3) is 0 Å². The van der Waals surface area contributed by atoms with Crippen molar-refractivity contribution in [3.8, 4) is 0 Å². The smallest absolute Gasteiger partial charge is 0.175 e. The van der Waals surface area contributed by atoms with Gasteiger partial charge in [-0.25, -0.2) is 0 Å². The summed E-state index contributed by atoms with van der Waals surface area (Å²) in [4.78, 5) is 0. The fourth-order valence-electron chi connectivity index (χ4n) is 1.27. The average molecular weight is 196 g/mol. The van der Waals surface area contributed by atoms with E-state index in [0.29, 0.717) is 0 Å². The van der Waals surface area contributed by atoms with Crippen molar-refractivity contribution in [1.82, 2.24) is 0 Å². The number of hydrogen-bond donors (Lipinski definition) is 0. The topological polar surface area (TPSA) is 18.5 Å². The zero-order valence-electron chi connectivity index (χ0n) is 7.64. The molecule has 1 aromatic carbocycles. The fraction of sp³-hybridized carbons (Fsp3) is 0.400. The minimum absolute atomic E-state index is 0.273. The van der Waals surface area contributed by atoms with Crippen molar-refractivity contribution in [2.45, 2.75) is 19.2 Å². The Morgan fingerprint density at radius 2 is 2.15 bits per heavy atom. The molecule has 1 heterocycles. The van der Waals surface area contributed by atoms with Crippen LogP contribution in [0.2, 0.25) is 0 Å². The second-order valence-electron chi connectivity index (χ2n) is 3.19. The van der Waals surface area contributed by atoms with E-state index in [9.17, 15) is 0 Å². The van der Waals surface area contributed by atoms with Gasteiger partial charge < -0.3 is 9.05 Å². The highest BCUT2D eigenvalue weighted by molar-refractivity contribution is 7.46. The maximum Gasteiger partial charge on any atom is 0.175 e. The highest BCUT2D eigenvalue weighted by Crippen LogP contribution is 2.47. The third-order valence-corrected chi connectivity index (χ3v) is 3.56. The van der Waals surface area contributed by atoms with Crippen molar-refractivity contribution in [1.29, 1.82) is 0 Å². The number of hydrogen-bond acceptors (Lipinski definition) is 2. The first-order valence-corrected chi connectivity index (χ1v) is 5.82. The van der Waals surface area contributed by atoms with Crippen LogP contribution >= 0.6 is 8.38 Å². The van der Waals surface area contributed by atoms with Crippen LogP contribution in [0.1, 0.15) is 12.5 Å². The summed E-state index contributed by atoms with van der Waals surface area (Å²) in [5.41, 5.74) is 1.29. The third-order valence-electron chi connectivity index (χ3n) is 1.91. The van der Waals surface area contributed by atoms with E-state index in [1.54, 1.807) is 0 Å². The lowest BCUT2D eigenvalue weighted by Crippen LogP contribution is -1.99. The van der Waals surface area contributed by atoms with Gasteiger partial charge in [0.1, 0.15) is 0 Å². The molecule has 70 valence electrons. The van der Waals surface area contributed by atoms with Crippen LogP contribution in [0.15, 0.2) is 30.3 Å². The molecule has 0 N–H and O–H groups in total. The molecule has 0 aliphatic carbocycles. The van der Waals surface area contributed by atoms with Crippen LogP contribution in [0.4, 0.5) is 0 Å². The van der Waals surface area contributed by atoms with Crippen LogP contribution in [-0.4, -0.2) is 12.7 Å². The van der Waals surface area contributed by atoms with E-state index in [0.717, 1.165) is 12.8 Å². The van der Waals surface area contributed by atoms with E-state index in [2.05, 4.69) is 12.1 Å². The molecule has 13 heavy (non-hydrogen) atoms. The lowest BCUT2D eigenvalue weighted by molar-refractivity contribution is 0.262. The highest BCUT2D eigenvalue weighted by Gasteiger charge is 2.23. The Morgan fingerprint density at radius 3 is 2.77 bits per heavy atom. The van der Waals surface area contributed by atoms with Crippen molar-refractivity contribution in [3.05, 3.63) is 35.9 Å². The third kappa shape index (κ3) is 2.50. The molecule has 0 saturated carbocycles. The second-order valence-corrected chi connectivity index (χ2v) is 4.64. The molecule has 0 unspecified atom stereocenters. The summed E-state index contributed by atoms with van der Waals surface area (Å²) in [7, 11) is -0.661. The molecular formula is C10H13O2P. The van der Waals surface area contributed by atoms with E-state index < -0.39 is 8.38 Å². The van der Waals surface area contributed by atoms with Crippen LogP contribution in [0.5, 0.6) is 0 Å². The molecule has 0 bridgehead atoms. The Kier molecular flexibility index (Phi) is 2.94. The van der Waals surface area contributed by atoms with Gasteiger partial charge in [-0.15, -0.1) is 0 Å². The van der Waals surface area contributed by atoms with Crippen molar-refractivity contribution < 1.29 is 9.05 Å². The minimum Gasteiger partial charge on any atom is -0.331 e.